The van der Waals surface area contributed by atoms with Crippen molar-refractivity contribution in [3.05, 3.63) is 29.3 Å². The third kappa shape index (κ3) is 5.21. The van der Waals surface area contributed by atoms with Gasteiger partial charge < -0.3 is 15.4 Å². The van der Waals surface area contributed by atoms with Gasteiger partial charge in [-0.15, -0.1) is 0 Å². The predicted octanol–water partition coefficient (Wildman–Crippen LogP) is 3.34. The van der Waals surface area contributed by atoms with Crippen molar-refractivity contribution in [2.75, 3.05) is 20.7 Å². The Morgan fingerprint density at radius 1 is 1.32 bits per heavy atom. The zero-order chi connectivity index (χ0) is 14.3. The van der Waals surface area contributed by atoms with Gasteiger partial charge in [-0.25, -0.2) is 0 Å². The highest BCUT2D eigenvalue weighted by Gasteiger charge is 2.09. The molecule has 0 saturated carbocycles. The van der Waals surface area contributed by atoms with Crippen LogP contribution in [0.2, 0.25) is 0 Å². The van der Waals surface area contributed by atoms with Crippen LogP contribution in [0.5, 0.6) is 5.75 Å². The standard InChI is InChI=1S/C16H28N2O/c1-5-6-7-10-18(3)12-15-11-14(13(2)17)8-9-16(15)19-4/h8-9,11,13H,5-7,10,12,17H2,1-4H3. The first kappa shape index (κ1) is 16.0. The van der Waals surface area contributed by atoms with Gasteiger partial charge in [-0.05, 0) is 44.6 Å². The largest absolute Gasteiger partial charge is 0.496 e. The Morgan fingerprint density at radius 2 is 2.05 bits per heavy atom. The SMILES string of the molecule is CCCCCN(C)Cc1cc(C(C)N)ccc1OC. The summed E-state index contributed by atoms with van der Waals surface area (Å²) in [5.74, 6) is 0.951. The van der Waals surface area contributed by atoms with E-state index in [4.69, 9.17) is 10.5 Å². The molecule has 0 aliphatic rings. The smallest absolute Gasteiger partial charge is 0.123 e. The van der Waals surface area contributed by atoms with Gasteiger partial charge in [-0.3, -0.25) is 0 Å². The van der Waals surface area contributed by atoms with Gasteiger partial charge in [0.25, 0.3) is 0 Å². The van der Waals surface area contributed by atoms with Crippen LogP contribution < -0.4 is 10.5 Å². The molecule has 0 heterocycles. The molecule has 3 nitrogen and oxygen atoms in total. The average molecular weight is 264 g/mol. The molecule has 0 spiro atoms. The van der Waals surface area contributed by atoms with E-state index in [9.17, 15) is 0 Å². The number of unbranched alkanes of at least 4 members (excludes halogenated alkanes) is 2. The summed E-state index contributed by atoms with van der Waals surface area (Å²) in [5.41, 5.74) is 8.33. The van der Waals surface area contributed by atoms with E-state index in [1.54, 1.807) is 7.11 Å². The van der Waals surface area contributed by atoms with E-state index in [1.807, 2.05) is 19.1 Å². The minimum atomic E-state index is 0.0649. The average Bonchev–Trinajstić information content (AvgIpc) is 2.38. The van der Waals surface area contributed by atoms with Crippen molar-refractivity contribution in [2.45, 2.75) is 45.7 Å². The molecule has 0 aromatic heterocycles. The first-order chi connectivity index (χ1) is 9.08. The van der Waals surface area contributed by atoms with Crippen LogP contribution in [-0.2, 0) is 6.54 Å². The summed E-state index contributed by atoms with van der Waals surface area (Å²) in [6, 6.07) is 6.30. The van der Waals surface area contributed by atoms with Gasteiger partial charge in [0.2, 0.25) is 0 Å². The van der Waals surface area contributed by atoms with Crippen LogP contribution >= 0.6 is 0 Å². The Kier molecular flexibility index (Phi) is 6.89. The van der Waals surface area contributed by atoms with Gasteiger partial charge in [0.05, 0.1) is 7.11 Å². The lowest BCUT2D eigenvalue weighted by Crippen LogP contribution is -2.20. The second kappa shape index (κ2) is 8.18. The predicted molar refractivity (Wildman–Crippen MR) is 81.5 cm³/mol. The molecule has 1 aromatic carbocycles. The highest BCUT2D eigenvalue weighted by molar-refractivity contribution is 5.38. The van der Waals surface area contributed by atoms with Crippen molar-refractivity contribution >= 4 is 0 Å². The Labute approximate surface area is 117 Å². The molecule has 0 radical (unpaired) electrons. The van der Waals surface area contributed by atoms with Crippen LogP contribution in [0.25, 0.3) is 0 Å². The first-order valence-electron chi connectivity index (χ1n) is 7.19. The molecule has 0 amide bonds. The van der Waals surface area contributed by atoms with E-state index in [1.165, 1.54) is 24.8 Å². The van der Waals surface area contributed by atoms with E-state index < -0.39 is 0 Å². The van der Waals surface area contributed by atoms with Crippen molar-refractivity contribution in [1.29, 1.82) is 0 Å². The summed E-state index contributed by atoms with van der Waals surface area (Å²) in [6.07, 6.45) is 3.81. The molecule has 19 heavy (non-hydrogen) atoms. The van der Waals surface area contributed by atoms with E-state index >= 15 is 0 Å². The van der Waals surface area contributed by atoms with Crippen molar-refractivity contribution < 1.29 is 4.74 Å². The second-order valence-electron chi connectivity index (χ2n) is 5.30. The van der Waals surface area contributed by atoms with Crippen LogP contribution in [0, 0.1) is 0 Å². The highest BCUT2D eigenvalue weighted by Crippen LogP contribution is 2.23. The zero-order valence-corrected chi connectivity index (χ0v) is 12.8. The van der Waals surface area contributed by atoms with Gasteiger partial charge >= 0.3 is 0 Å². The fourth-order valence-corrected chi connectivity index (χ4v) is 2.21. The van der Waals surface area contributed by atoms with Crippen molar-refractivity contribution in [1.82, 2.24) is 4.90 Å². The normalized spacial score (nSPS) is 12.7. The summed E-state index contributed by atoms with van der Waals surface area (Å²) in [4.78, 5) is 2.35. The maximum Gasteiger partial charge on any atom is 0.123 e. The van der Waals surface area contributed by atoms with E-state index in [2.05, 4.69) is 24.9 Å². The summed E-state index contributed by atoms with van der Waals surface area (Å²) in [6.45, 7) is 6.28. The topological polar surface area (TPSA) is 38.5 Å². The number of hydrogen-bond donors (Lipinski definition) is 1. The Balaban J connectivity index is 2.71. The monoisotopic (exact) mass is 264 g/mol. The molecule has 0 bridgehead atoms. The molecule has 0 saturated heterocycles. The van der Waals surface area contributed by atoms with Crippen LogP contribution in [0.1, 0.15) is 50.3 Å². The van der Waals surface area contributed by atoms with Crippen LogP contribution in [0.3, 0.4) is 0 Å². The van der Waals surface area contributed by atoms with Gasteiger partial charge in [0.15, 0.2) is 0 Å². The lowest BCUT2D eigenvalue weighted by Gasteiger charge is -2.19. The minimum Gasteiger partial charge on any atom is -0.496 e. The number of nitrogens with zero attached hydrogens (tertiary/aromatic N) is 1. The molecule has 0 aliphatic heterocycles. The number of ether oxygens (including phenoxy) is 1. The van der Waals surface area contributed by atoms with E-state index in [0.29, 0.717) is 0 Å². The molecule has 2 N–H and O–H groups in total. The maximum absolute atomic E-state index is 5.95. The summed E-state index contributed by atoms with van der Waals surface area (Å²) >= 11 is 0. The lowest BCUT2D eigenvalue weighted by atomic mass is 10.0. The van der Waals surface area contributed by atoms with Crippen molar-refractivity contribution in [3.63, 3.8) is 0 Å². The van der Waals surface area contributed by atoms with Crippen molar-refractivity contribution in [2.24, 2.45) is 5.73 Å². The van der Waals surface area contributed by atoms with Crippen LogP contribution in [0.4, 0.5) is 0 Å². The summed E-state index contributed by atoms with van der Waals surface area (Å²) < 4.78 is 5.44. The maximum atomic E-state index is 5.95. The molecular weight excluding hydrogens is 236 g/mol. The number of hydrogen-bond acceptors (Lipinski definition) is 3. The van der Waals surface area contributed by atoms with Crippen LogP contribution in [0.15, 0.2) is 18.2 Å². The van der Waals surface area contributed by atoms with E-state index in [0.717, 1.165) is 24.4 Å². The molecule has 1 rings (SSSR count). The highest BCUT2D eigenvalue weighted by atomic mass is 16.5. The number of methoxy groups -OCH3 is 1. The van der Waals surface area contributed by atoms with E-state index in [-0.39, 0.29) is 6.04 Å². The Morgan fingerprint density at radius 3 is 2.63 bits per heavy atom. The fourth-order valence-electron chi connectivity index (χ4n) is 2.21. The molecule has 1 aromatic rings. The number of rotatable bonds is 8. The quantitative estimate of drug-likeness (QED) is 0.732. The van der Waals surface area contributed by atoms with Gasteiger partial charge in [-0.2, -0.15) is 0 Å². The molecule has 3 heteroatoms. The molecule has 1 unspecified atom stereocenters. The minimum absolute atomic E-state index is 0.0649. The van der Waals surface area contributed by atoms with Gasteiger partial charge in [-0.1, -0.05) is 25.8 Å². The Bertz CT molecular complexity index is 377. The zero-order valence-electron chi connectivity index (χ0n) is 12.8. The number of benzene rings is 1. The summed E-state index contributed by atoms with van der Waals surface area (Å²) in [5, 5.41) is 0. The Hall–Kier alpha value is -1.06. The van der Waals surface area contributed by atoms with Crippen molar-refractivity contribution in [3.8, 4) is 5.75 Å². The lowest BCUT2D eigenvalue weighted by molar-refractivity contribution is 0.309. The first-order valence-corrected chi connectivity index (χ1v) is 7.19. The third-order valence-corrected chi connectivity index (χ3v) is 3.41. The molecular formula is C16H28N2O. The molecule has 1 atom stereocenters. The fraction of sp³-hybridized carbons (Fsp3) is 0.625. The third-order valence-electron chi connectivity index (χ3n) is 3.41. The molecule has 0 aliphatic carbocycles. The second-order valence-corrected chi connectivity index (χ2v) is 5.30. The molecule has 0 fully saturated rings. The van der Waals surface area contributed by atoms with Gasteiger partial charge in [0.1, 0.15) is 5.75 Å². The summed E-state index contributed by atoms with van der Waals surface area (Å²) in [7, 11) is 3.88. The molecule has 108 valence electrons. The van der Waals surface area contributed by atoms with Gasteiger partial charge in [0, 0.05) is 18.2 Å². The number of nitrogens with two attached hydrogens (primary N) is 1. The van der Waals surface area contributed by atoms with Crippen LogP contribution in [-0.4, -0.2) is 25.6 Å².